The Hall–Kier alpha value is -2.14. The van der Waals surface area contributed by atoms with Crippen LogP contribution in [0, 0.1) is 5.92 Å². The fourth-order valence-electron chi connectivity index (χ4n) is 2.55. The summed E-state index contributed by atoms with van der Waals surface area (Å²) in [4.78, 5) is 12.5. The van der Waals surface area contributed by atoms with E-state index < -0.39 is 0 Å². The molecule has 2 N–H and O–H groups in total. The zero-order chi connectivity index (χ0) is 15.8. The summed E-state index contributed by atoms with van der Waals surface area (Å²) < 4.78 is 1.69. The second kappa shape index (κ2) is 8.34. The number of hydrogen-bond acceptors (Lipinski definition) is 3. The molecule has 1 aromatic carbocycles. The molecule has 2 rings (SSSR count). The molecule has 118 valence electrons. The highest BCUT2D eigenvalue weighted by Gasteiger charge is 2.14. The minimum absolute atomic E-state index is 0.106. The second-order valence-electron chi connectivity index (χ2n) is 5.34. The second-order valence-corrected chi connectivity index (χ2v) is 5.34. The number of nitrogens with zero attached hydrogens (tertiary/aromatic N) is 2. The monoisotopic (exact) mass is 301 g/mol. The number of aliphatic hydroxyl groups excluding tert-OH is 1. The summed E-state index contributed by atoms with van der Waals surface area (Å²) in [5.41, 5.74) is 1.37. The molecule has 22 heavy (non-hydrogen) atoms. The van der Waals surface area contributed by atoms with Gasteiger partial charge in [-0.1, -0.05) is 25.5 Å². The topological polar surface area (TPSA) is 67.2 Å². The third kappa shape index (κ3) is 4.18. The number of carbonyl (C=O) groups excluding carboxylic acids is 1. The lowest BCUT2D eigenvalue weighted by Gasteiger charge is -2.16. The van der Waals surface area contributed by atoms with Gasteiger partial charge in [0.2, 0.25) is 0 Å². The van der Waals surface area contributed by atoms with Crippen LogP contribution in [0.4, 0.5) is 0 Å². The van der Waals surface area contributed by atoms with Crippen LogP contribution < -0.4 is 5.32 Å². The standard InChI is InChI=1S/C17H23N3O2/c1-2-6-14(9-12-21)13-18-17(22)15-7-3-4-8-16(15)20-11-5-10-19-20/h3-5,7-8,10-11,14,21H,2,6,9,12-13H2,1H3,(H,18,22). The first-order chi connectivity index (χ1) is 10.8. The van der Waals surface area contributed by atoms with Gasteiger partial charge in [0.15, 0.2) is 0 Å². The lowest BCUT2D eigenvalue weighted by atomic mass is 10.00. The van der Waals surface area contributed by atoms with Gasteiger partial charge in [-0.3, -0.25) is 4.79 Å². The van der Waals surface area contributed by atoms with Crippen molar-refractivity contribution in [1.29, 1.82) is 0 Å². The Kier molecular flexibility index (Phi) is 6.15. The minimum atomic E-state index is -0.106. The van der Waals surface area contributed by atoms with E-state index in [-0.39, 0.29) is 12.5 Å². The van der Waals surface area contributed by atoms with Crippen LogP contribution in [0.25, 0.3) is 5.69 Å². The summed E-state index contributed by atoms with van der Waals surface area (Å²) in [6.07, 6.45) is 6.27. The van der Waals surface area contributed by atoms with Gasteiger partial charge in [0.05, 0.1) is 11.3 Å². The number of aromatic nitrogens is 2. The fraction of sp³-hybridized carbons (Fsp3) is 0.412. The number of nitrogens with one attached hydrogen (secondary N) is 1. The van der Waals surface area contributed by atoms with Crippen LogP contribution in [-0.2, 0) is 0 Å². The zero-order valence-corrected chi connectivity index (χ0v) is 12.9. The van der Waals surface area contributed by atoms with E-state index in [1.165, 1.54) is 0 Å². The van der Waals surface area contributed by atoms with Crippen LogP contribution in [0.1, 0.15) is 36.5 Å². The van der Waals surface area contributed by atoms with Crippen molar-refractivity contribution in [1.82, 2.24) is 15.1 Å². The van der Waals surface area contributed by atoms with E-state index in [1.807, 2.05) is 30.5 Å². The van der Waals surface area contributed by atoms with Gasteiger partial charge in [0.25, 0.3) is 5.91 Å². The fourth-order valence-corrected chi connectivity index (χ4v) is 2.55. The number of carbonyl (C=O) groups is 1. The van der Waals surface area contributed by atoms with Crippen LogP contribution in [0.2, 0.25) is 0 Å². The molecule has 1 atom stereocenters. The quantitative estimate of drug-likeness (QED) is 0.787. The summed E-state index contributed by atoms with van der Waals surface area (Å²) in [5, 5.41) is 16.3. The molecule has 0 aliphatic carbocycles. The van der Waals surface area contributed by atoms with Gasteiger partial charge in [-0.25, -0.2) is 4.68 Å². The molecule has 1 aromatic heterocycles. The van der Waals surface area contributed by atoms with Gasteiger partial charge in [0, 0.05) is 25.5 Å². The molecule has 2 aromatic rings. The Morgan fingerprint density at radius 3 is 2.82 bits per heavy atom. The van der Waals surface area contributed by atoms with Crippen molar-refractivity contribution in [2.75, 3.05) is 13.2 Å². The molecule has 0 radical (unpaired) electrons. The molecular formula is C17H23N3O2. The molecule has 0 bridgehead atoms. The number of amides is 1. The molecule has 0 aliphatic rings. The SMILES string of the molecule is CCCC(CCO)CNC(=O)c1ccccc1-n1cccn1. The molecule has 1 amide bonds. The van der Waals surface area contributed by atoms with Crippen molar-refractivity contribution < 1.29 is 9.90 Å². The van der Waals surface area contributed by atoms with Crippen molar-refractivity contribution in [3.63, 3.8) is 0 Å². The average Bonchev–Trinajstić information content (AvgIpc) is 3.07. The average molecular weight is 301 g/mol. The molecular weight excluding hydrogens is 278 g/mol. The van der Waals surface area contributed by atoms with Gasteiger partial charge < -0.3 is 10.4 Å². The predicted octanol–water partition coefficient (Wildman–Crippen LogP) is 2.40. The first-order valence-electron chi connectivity index (χ1n) is 7.74. The normalized spacial score (nSPS) is 12.1. The highest BCUT2D eigenvalue weighted by atomic mass is 16.3. The molecule has 0 saturated heterocycles. The van der Waals surface area contributed by atoms with Gasteiger partial charge >= 0.3 is 0 Å². The Morgan fingerprint density at radius 1 is 1.32 bits per heavy atom. The van der Waals surface area contributed by atoms with Crippen molar-refractivity contribution in [3.05, 3.63) is 48.3 Å². The number of para-hydroxylation sites is 1. The van der Waals surface area contributed by atoms with Crippen molar-refractivity contribution >= 4 is 5.91 Å². The van der Waals surface area contributed by atoms with Crippen molar-refractivity contribution in [2.45, 2.75) is 26.2 Å². The van der Waals surface area contributed by atoms with Crippen LogP contribution >= 0.6 is 0 Å². The van der Waals surface area contributed by atoms with Crippen molar-refractivity contribution in [2.24, 2.45) is 5.92 Å². The first-order valence-corrected chi connectivity index (χ1v) is 7.74. The summed E-state index contributed by atoms with van der Waals surface area (Å²) in [5.74, 6) is 0.209. The number of aliphatic hydroxyl groups is 1. The molecule has 5 heteroatoms. The molecule has 5 nitrogen and oxygen atoms in total. The van der Waals surface area contributed by atoms with Crippen LogP contribution in [0.5, 0.6) is 0 Å². The van der Waals surface area contributed by atoms with E-state index in [4.69, 9.17) is 5.11 Å². The van der Waals surface area contributed by atoms with Crippen molar-refractivity contribution in [3.8, 4) is 5.69 Å². The van der Waals surface area contributed by atoms with E-state index in [0.29, 0.717) is 18.0 Å². The zero-order valence-electron chi connectivity index (χ0n) is 12.9. The maximum Gasteiger partial charge on any atom is 0.253 e. The van der Waals surface area contributed by atoms with E-state index in [0.717, 1.165) is 24.9 Å². The van der Waals surface area contributed by atoms with E-state index in [1.54, 1.807) is 16.9 Å². The third-order valence-corrected chi connectivity index (χ3v) is 3.69. The number of hydrogen-bond donors (Lipinski definition) is 2. The van der Waals surface area contributed by atoms with E-state index in [9.17, 15) is 4.79 Å². The highest BCUT2D eigenvalue weighted by Crippen LogP contribution is 2.14. The number of rotatable bonds is 8. The molecule has 0 saturated carbocycles. The summed E-state index contributed by atoms with van der Waals surface area (Å²) in [6.45, 7) is 2.85. The summed E-state index contributed by atoms with van der Waals surface area (Å²) >= 11 is 0. The smallest absolute Gasteiger partial charge is 0.253 e. The molecule has 1 heterocycles. The van der Waals surface area contributed by atoms with Gasteiger partial charge in [0.1, 0.15) is 0 Å². The Labute approximate surface area is 131 Å². The van der Waals surface area contributed by atoms with Gasteiger partial charge in [-0.05, 0) is 37.0 Å². The van der Waals surface area contributed by atoms with Gasteiger partial charge in [-0.15, -0.1) is 0 Å². The minimum Gasteiger partial charge on any atom is -0.396 e. The largest absolute Gasteiger partial charge is 0.396 e. The van der Waals surface area contributed by atoms with Crippen LogP contribution in [0.3, 0.4) is 0 Å². The maximum absolute atomic E-state index is 12.5. The summed E-state index contributed by atoms with van der Waals surface area (Å²) in [7, 11) is 0. The first kappa shape index (κ1) is 16.2. The molecule has 0 fully saturated rings. The Morgan fingerprint density at radius 2 is 2.14 bits per heavy atom. The highest BCUT2D eigenvalue weighted by molar-refractivity contribution is 5.97. The molecule has 0 spiro atoms. The molecule has 1 unspecified atom stereocenters. The maximum atomic E-state index is 12.5. The van der Waals surface area contributed by atoms with Gasteiger partial charge in [-0.2, -0.15) is 5.10 Å². The van der Waals surface area contributed by atoms with E-state index >= 15 is 0 Å². The number of benzene rings is 1. The Balaban J connectivity index is 2.07. The predicted molar refractivity (Wildman–Crippen MR) is 86.0 cm³/mol. The Bertz CT molecular complexity index is 575. The molecule has 0 aliphatic heterocycles. The summed E-state index contributed by atoms with van der Waals surface area (Å²) in [6, 6.07) is 9.23. The van der Waals surface area contributed by atoms with E-state index in [2.05, 4.69) is 17.3 Å². The lowest BCUT2D eigenvalue weighted by Crippen LogP contribution is -2.30. The third-order valence-electron chi connectivity index (χ3n) is 3.69. The lowest BCUT2D eigenvalue weighted by molar-refractivity contribution is 0.0942. The van der Waals surface area contributed by atoms with Crippen LogP contribution in [0.15, 0.2) is 42.7 Å². The van der Waals surface area contributed by atoms with Crippen LogP contribution in [-0.4, -0.2) is 33.9 Å².